The van der Waals surface area contributed by atoms with E-state index >= 15 is 0 Å². The Morgan fingerprint density at radius 2 is 1.84 bits per heavy atom. The van der Waals surface area contributed by atoms with Gasteiger partial charge in [0.05, 0.1) is 13.2 Å². The summed E-state index contributed by atoms with van der Waals surface area (Å²) in [6, 6.07) is 8.71. The fourth-order valence-corrected chi connectivity index (χ4v) is 4.43. The summed E-state index contributed by atoms with van der Waals surface area (Å²) in [5, 5.41) is 7.09. The molecule has 176 valence electrons. The molecule has 2 N–H and O–H groups in total. The van der Waals surface area contributed by atoms with Crippen LogP contribution in [0.15, 0.2) is 29.3 Å². The largest absolute Gasteiger partial charge is 0.379 e. The zero-order valence-electron chi connectivity index (χ0n) is 19.8. The van der Waals surface area contributed by atoms with E-state index in [0.717, 1.165) is 57.8 Å². The van der Waals surface area contributed by atoms with Gasteiger partial charge in [-0.15, -0.1) is 24.0 Å². The zero-order valence-corrected chi connectivity index (χ0v) is 22.2. The van der Waals surface area contributed by atoms with Crippen LogP contribution in [0, 0.1) is 5.92 Å². The van der Waals surface area contributed by atoms with Gasteiger partial charge in [-0.3, -0.25) is 14.8 Å². The SMILES string of the molecule is CN=C(NCc1ccccc1CN1CCOCC1)NCC(C)(C)N1CCCC(C)C1.I. The van der Waals surface area contributed by atoms with Crippen molar-refractivity contribution in [3.63, 3.8) is 0 Å². The highest BCUT2D eigenvalue weighted by molar-refractivity contribution is 14.0. The van der Waals surface area contributed by atoms with Crippen molar-refractivity contribution >= 4 is 29.9 Å². The maximum atomic E-state index is 5.48. The lowest BCUT2D eigenvalue weighted by molar-refractivity contribution is 0.0341. The van der Waals surface area contributed by atoms with Crippen LogP contribution in [0.2, 0.25) is 0 Å². The summed E-state index contributed by atoms with van der Waals surface area (Å²) in [5.41, 5.74) is 2.82. The van der Waals surface area contributed by atoms with Gasteiger partial charge < -0.3 is 15.4 Å². The van der Waals surface area contributed by atoms with E-state index in [9.17, 15) is 0 Å². The van der Waals surface area contributed by atoms with Crippen molar-refractivity contribution in [1.29, 1.82) is 0 Å². The van der Waals surface area contributed by atoms with Gasteiger partial charge in [0.1, 0.15) is 0 Å². The van der Waals surface area contributed by atoms with Crippen molar-refractivity contribution in [3.05, 3.63) is 35.4 Å². The molecule has 0 saturated carbocycles. The maximum Gasteiger partial charge on any atom is 0.191 e. The summed E-state index contributed by atoms with van der Waals surface area (Å²) in [4.78, 5) is 9.55. The molecule has 0 aliphatic carbocycles. The number of morpholine rings is 1. The number of nitrogens with one attached hydrogen (secondary N) is 2. The maximum absolute atomic E-state index is 5.48. The van der Waals surface area contributed by atoms with Gasteiger partial charge in [0.25, 0.3) is 0 Å². The minimum atomic E-state index is 0. The first-order valence-electron chi connectivity index (χ1n) is 11.5. The molecule has 6 nitrogen and oxygen atoms in total. The topological polar surface area (TPSA) is 52.1 Å². The highest BCUT2D eigenvalue weighted by Gasteiger charge is 2.30. The number of hydrogen-bond acceptors (Lipinski definition) is 4. The molecule has 0 radical (unpaired) electrons. The molecule has 2 fully saturated rings. The van der Waals surface area contributed by atoms with Gasteiger partial charge in [0, 0.05) is 51.9 Å². The second kappa shape index (κ2) is 13.0. The molecule has 2 aliphatic heterocycles. The van der Waals surface area contributed by atoms with Gasteiger partial charge >= 0.3 is 0 Å². The third-order valence-electron chi connectivity index (χ3n) is 6.49. The predicted octanol–water partition coefficient (Wildman–Crippen LogP) is 3.31. The van der Waals surface area contributed by atoms with Crippen molar-refractivity contribution in [2.45, 2.75) is 52.2 Å². The van der Waals surface area contributed by atoms with Crippen LogP contribution in [-0.2, 0) is 17.8 Å². The number of ether oxygens (including phenoxy) is 1. The van der Waals surface area contributed by atoms with Crippen molar-refractivity contribution in [1.82, 2.24) is 20.4 Å². The van der Waals surface area contributed by atoms with Crippen LogP contribution < -0.4 is 10.6 Å². The number of likely N-dealkylation sites (tertiary alicyclic amines) is 1. The molecule has 1 aromatic rings. The molecule has 31 heavy (non-hydrogen) atoms. The Balaban J connectivity index is 0.00000341. The standard InChI is InChI=1S/C24H41N5O.HI/c1-20-8-7-11-29(17-20)24(2,3)19-27-23(25-4)26-16-21-9-5-6-10-22(21)18-28-12-14-30-15-13-28;/h5-6,9-10,20H,7-8,11-19H2,1-4H3,(H2,25,26,27);1H. The fraction of sp³-hybridized carbons (Fsp3) is 0.708. The summed E-state index contributed by atoms with van der Waals surface area (Å²) in [7, 11) is 1.85. The molecule has 0 aromatic heterocycles. The smallest absolute Gasteiger partial charge is 0.191 e. The first-order valence-corrected chi connectivity index (χ1v) is 11.5. The Labute approximate surface area is 206 Å². The second-order valence-corrected chi connectivity index (χ2v) is 9.44. The van der Waals surface area contributed by atoms with Gasteiger partial charge in [-0.1, -0.05) is 31.2 Å². The Kier molecular flexibility index (Phi) is 11.0. The number of piperidine rings is 1. The van der Waals surface area contributed by atoms with Crippen molar-refractivity contribution in [3.8, 4) is 0 Å². The van der Waals surface area contributed by atoms with E-state index in [1.807, 2.05) is 7.05 Å². The number of halogens is 1. The van der Waals surface area contributed by atoms with Gasteiger partial charge in [-0.2, -0.15) is 0 Å². The van der Waals surface area contributed by atoms with Gasteiger partial charge in [0.2, 0.25) is 0 Å². The van der Waals surface area contributed by atoms with E-state index in [1.54, 1.807) is 0 Å². The highest BCUT2D eigenvalue weighted by Crippen LogP contribution is 2.23. The number of aliphatic imine (C=N–C) groups is 1. The van der Waals surface area contributed by atoms with E-state index in [-0.39, 0.29) is 29.5 Å². The molecule has 2 saturated heterocycles. The quantitative estimate of drug-likeness (QED) is 0.314. The number of benzene rings is 1. The van der Waals surface area contributed by atoms with E-state index in [0.29, 0.717) is 0 Å². The predicted molar refractivity (Wildman–Crippen MR) is 140 cm³/mol. The number of nitrogens with zero attached hydrogens (tertiary/aromatic N) is 3. The molecular weight excluding hydrogens is 501 g/mol. The summed E-state index contributed by atoms with van der Waals surface area (Å²) in [6.45, 7) is 15.8. The Hall–Kier alpha value is -0.900. The van der Waals surface area contributed by atoms with Crippen molar-refractivity contribution < 1.29 is 4.74 Å². The van der Waals surface area contributed by atoms with Gasteiger partial charge in [0.15, 0.2) is 5.96 Å². The lowest BCUT2D eigenvalue weighted by Gasteiger charge is -2.43. The minimum absolute atomic E-state index is 0. The molecule has 2 heterocycles. The lowest BCUT2D eigenvalue weighted by atomic mass is 9.93. The monoisotopic (exact) mass is 543 g/mol. The second-order valence-electron chi connectivity index (χ2n) is 9.44. The summed E-state index contributed by atoms with van der Waals surface area (Å²) >= 11 is 0. The molecule has 1 unspecified atom stereocenters. The van der Waals surface area contributed by atoms with Crippen LogP contribution in [0.5, 0.6) is 0 Å². The van der Waals surface area contributed by atoms with Crippen LogP contribution in [0.1, 0.15) is 44.7 Å². The van der Waals surface area contributed by atoms with Crippen molar-refractivity contribution in [2.24, 2.45) is 10.9 Å². The molecule has 3 rings (SSSR count). The van der Waals surface area contributed by atoms with Crippen molar-refractivity contribution in [2.75, 3.05) is 53.0 Å². The first kappa shape index (κ1) is 26.4. The third-order valence-corrected chi connectivity index (χ3v) is 6.49. The molecule has 2 aliphatic rings. The number of hydrogen-bond donors (Lipinski definition) is 2. The first-order chi connectivity index (χ1) is 14.5. The average Bonchev–Trinajstić information content (AvgIpc) is 2.75. The van der Waals surface area contributed by atoms with Crippen LogP contribution in [0.25, 0.3) is 0 Å². The van der Waals surface area contributed by atoms with Gasteiger partial charge in [-0.25, -0.2) is 0 Å². The van der Waals surface area contributed by atoms with Crippen LogP contribution in [0.4, 0.5) is 0 Å². The minimum Gasteiger partial charge on any atom is -0.379 e. The fourth-order valence-electron chi connectivity index (χ4n) is 4.43. The molecule has 0 bridgehead atoms. The highest BCUT2D eigenvalue weighted by atomic mass is 127. The summed E-state index contributed by atoms with van der Waals surface area (Å²) in [5.74, 6) is 1.66. The number of rotatable bonds is 7. The van der Waals surface area contributed by atoms with E-state index in [4.69, 9.17) is 4.74 Å². The van der Waals surface area contributed by atoms with Crippen LogP contribution in [-0.4, -0.2) is 74.3 Å². The summed E-state index contributed by atoms with van der Waals surface area (Å²) < 4.78 is 5.48. The lowest BCUT2D eigenvalue weighted by Crippen LogP contribution is -2.55. The third kappa shape index (κ3) is 8.18. The summed E-state index contributed by atoms with van der Waals surface area (Å²) in [6.07, 6.45) is 2.66. The Morgan fingerprint density at radius 3 is 2.52 bits per heavy atom. The molecular formula is C24H42IN5O. The van der Waals surface area contributed by atoms with Crippen LogP contribution >= 0.6 is 24.0 Å². The normalized spacial score (nSPS) is 21.4. The molecule has 7 heteroatoms. The zero-order chi connectivity index (χ0) is 21.4. The Morgan fingerprint density at radius 1 is 1.13 bits per heavy atom. The van der Waals surface area contributed by atoms with E-state index in [1.165, 1.54) is 37.1 Å². The number of guanidine groups is 1. The Bertz CT molecular complexity index is 690. The average molecular weight is 544 g/mol. The molecule has 0 amide bonds. The van der Waals surface area contributed by atoms with Gasteiger partial charge in [-0.05, 0) is 50.3 Å². The van der Waals surface area contributed by atoms with E-state index in [2.05, 4.69) is 70.5 Å². The van der Waals surface area contributed by atoms with Crippen LogP contribution in [0.3, 0.4) is 0 Å². The molecule has 0 spiro atoms. The molecule has 1 atom stereocenters. The molecule has 1 aromatic carbocycles. The van der Waals surface area contributed by atoms with E-state index < -0.39 is 0 Å².